The van der Waals surface area contributed by atoms with Gasteiger partial charge in [-0.2, -0.15) is 0 Å². The molecule has 6 heteroatoms. The Balaban J connectivity index is 0.00000128. The molecule has 2 fully saturated rings. The van der Waals surface area contributed by atoms with E-state index in [1.807, 2.05) is 18.2 Å². The predicted octanol–water partition coefficient (Wildman–Crippen LogP) is 4.24. The lowest BCUT2D eigenvalue weighted by Gasteiger charge is -2.41. The van der Waals surface area contributed by atoms with Crippen LogP contribution < -0.4 is 10.2 Å². The number of rotatable bonds is 3. The Bertz CT molecular complexity index is 845. The van der Waals surface area contributed by atoms with Crippen LogP contribution in [0.3, 0.4) is 0 Å². The van der Waals surface area contributed by atoms with E-state index in [1.54, 1.807) is 0 Å². The van der Waals surface area contributed by atoms with E-state index in [-0.39, 0.29) is 36.8 Å². The topological polar surface area (TPSA) is 35.6 Å². The van der Waals surface area contributed by atoms with Crippen molar-refractivity contribution in [3.63, 3.8) is 0 Å². The quantitative estimate of drug-likeness (QED) is 0.763. The highest BCUT2D eigenvalue weighted by atomic mass is 35.5. The fourth-order valence-corrected chi connectivity index (χ4v) is 5.32. The second-order valence-corrected chi connectivity index (χ2v) is 8.64. The van der Waals surface area contributed by atoms with Gasteiger partial charge in [0.2, 0.25) is 5.91 Å². The van der Waals surface area contributed by atoms with Gasteiger partial charge in [0.15, 0.2) is 0 Å². The molecule has 0 aliphatic carbocycles. The molecule has 3 heterocycles. The number of halogens is 2. The van der Waals surface area contributed by atoms with E-state index in [4.69, 9.17) is 0 Å². The summed E-state index contributed by atoms with van der Waals surface area (Å²) in [6.45, 7) is 4.94. The first kappa shape index (κ1) is 22.9. The molecule has 30 heavy (non-hydrogen) atoms. The minimum absolute atomic E-state index is 0. The molecule has 3 aliphatic rings. The number of carbonyl (C=O) groups is 1. The number of nitrogens with one attached hydrogen (secondary N) is 1. The van der Waals surface area contributed by atoms with Crippen LogP contribution in [0.15, 0.2) is 54.6 Å². The Labute approximate surface area is 191 Å². The number of likely N-dealkylation sites (tertiary alicyclic amines) is 1. The first-order chi connectivity index (χ1) is 13.8. The smallest absolute Gasteiger partial charge is 0.249 e. The van der Waals surface area contributed by atoms with Gasteiger partial charge < -0.3 is 15.1 Å². The van der Waals surface area contributed by atoms with Crippen LogP contribution in [0.5, 0.6) is 0 Å². The second-order valence-electron chi connectivity index (χ2n) is 8.64. The third-order valence-corrected chi connectivity index (χ3v) is 7.05. The van der Waals surface area contributed by atoms with Gasteiger partial charge in [-0.15, -0.1) is 24.8 Å². The monoisotopic (exact) mass is 447 g/mol. The van der Waals surface area contributed by atoms with Crippen LogP contribution in [0.4, 0.5) is 5.69 Å². The number of para-hydroxylation sites is 1. The highest BCUT2D eigenvalue weighted by molar-refractivity contribution is 5.88. The maximum Gasteiger partial charge on any atom is 0.249 e. The summed E-state index contributed by atoms with van der Waals surface area (Å²) in [5.74, 6) is 0.267. The molecule has 3 aliphatic heterocycles. The molecule has 1 amide bonds. The Morgan fingerprint density at radius 1 is 0.900 bits per heavy atom. The Morgan fingerprint density at radius 3 is 2.30 bits per heavy atom. The molecule has 1 atom stereocenters. The van der Waals surface area contributed by atoms with Crippen LogP contribution >= 0.6 is 24.8 Å². The van der Waals surface area contributed by atoms with E-state index in [1.165, 1.54) is 17.7 Å². The normalized spacial score (nSPS) is 20.3. The summed E-state index contributed by atoms with van der Waals surface area (Å²) in [5.41, 5.74) is 4.11. The van der Waals surface area contributed by atoms with E-state index in [0.29, 0.717) is 5.41 Å². The van der Waals surface area contributed by atoms with Gasteiger partial charge in [0.05, 0.1) is 0 Å². The van der Waals surface area contributed by atoms with Gasteiger partial charge in [0.25, 0.3) is 0 Å². The minimum Gasteiger partial charge on any atom is -0.355 e. The van der Waals surface area contributed by atoms with E-state index in [0.717, 1.165) is 57.5 Å². The van der Waals surface area contributed by atoms with Crippen molar-refractivity contribution in [2.24, 2.45) is 5.41 Å². The number of nitrogens with zero attached hydrogens (tertiary/aromatic N) is 2. The lowest BCUT2D eigenvalue weighted by Crippen LogP contribution is -2.48. The zero-order chi connectivity index (χ0) is 19.0. The molecule has 2 aromatic carbocycles. The zero-order valence-corrected chi connectivity index (χ0v) is 18.9. The third kappa shape index (κ3) is 4.18. The van der Waals surface area contributed by atoms with Crippen molar-refractivity contribution < 1.29 is 4.79 Å². The van der Waals surface area contributed by atoms with E-state index >= 15 is 0 Å². The number of benzene rings is 2. The Hall–Kier alpha value is -1.75. The summed E-state index contributed by atoms with van der Waals surface area (Å²) in [4.78, 5) is 18.2. The fourth-order valence-electron chi connectivity index (χ4n) is 5.32. The molecule has 1 N–H and O–H groups in total. The molecule has 0 bridgehead atoms. The van der Waals surface area contributed by atoms with Gasteiger partial charge in [-0.25, -0.2) is 0 Å². The van der Waals surface area contributed by atoms with Crippen molar-refractivity contribution in [2.45, 2.75) is 31.7 Å². The Morgan fingerprint density at radius 2 is 1.60 bits per heavy atom. The fraction of sp³-hybridized carbons (Fsp3) is 0.458. The van der Waals surface area contributed by atoms with Crippen LogP contribution in [0.1, 0.15) is 36.4 Å². The molecular weight excluding hydrogens is 417 g/mol. The van der Waals surface area contributed by atoms with Gasteiger partial charge in [-0.05, 0) is 54.8 Å². The molecule has 1 unspecified atom stereocenters. The van der Waals surface area contributed by atoms with Crippen LogP contribution in [0.2, 0.25) is 0 Å². The predicted molar refractivity (Wildman–Crippen MR) is 127 cm³/mol. The summed E-state index contributed by atoms with van der Waals surface area (Å²) in [6, 6.07) is 18.7. The molecule has 0 radical (unpaired) electrons. The summed E-state index contributed by atoms with van der Waals surface area (Å²) in [5, 5.41) is 3.52. The largest absolute Gasteiger partial charge is 0.355 e. The second kappa shape index (κ2) is 9.59. The average Bonchev–Trinajstić information content (AvgIpc) is 3.37. The SMILES string of the molecule is Cl.Cl.O=C(C(c1ccccc1)N1CCc2ccccc21)N1CCC2(CCNC2)CC1. The van der Waals surface area contributed by atoms with Crippen molar-refractivity contribution in [2.75, 3.05) is 37.6 Å². The van der Waals surface area contributed by atoms with Crippen molar-refractivity contribution in [3.05, 3.63) is 65.7 Å². The van der Waals surface area contributed by atoms with Gasteiger partial charge in [-0.1, -0.05) is 48.5 Å². The van der Waals surface area contributed by atoms with Crippen LogP contribution in [-0.2, 0) is 11.2 Å². The van der Waals surface area contributed by atoms with Gasteiger partial charge in [0.1, 0.15) is 6.04 Å². The molecule has 162 valence electrons. The number of hydrogen-bond donors (Lipinski definition) is 1. The maximum absolute atomic E-state index is 13.8. The van der Waals surface area contributed by atoms with E-state index in [2.05, 4.69) is 51.5 Å². The van der Waals surface area contributed by atoms with Crippen molar-refractivity contribution in [3.8, 4) is 0 Å². The number of anilines is 1. The molecule has 5 rings (SSSR count). The summed E-state index contributed by atoms with van der Waals surface area (Å²) >= 11 is 0. The molecule has 0 aromatic heterocycles. The summed E-state index contributed by atoms with van der Waals surface area (Å²) < 4.78 is 0. The first-order valence-corrected chi connectivity index (χ1v) is 10.6. The third-order valence-electron chi connectivity index (χ3n) is 7.05. The van der Waals surface area contributed by atoms with Crippen LogP contribution in [-0.4, -0.2) is 43.5 Å². The summed E-state index contributed by atoms with van der Waals surface area (Å²) in [7, 11) is 0. The molecule has 1 spiro atoms. The number of carbonyl (C=O) groups excluding carboxylic acids is 1. The van der Waals surface area contributed by atoms with Gasteiger partial charge >= 0.3 is 0 Å². The van der Waals surface area contributed by atoms with Crippen LogP contribution in [0.25, 0.3) is 0 Å². The highest BCUT2D eigenvalue weighted by Crippen LogP contribution is 2.40. The average molecular weight is 448 g/mol. The first-order valence-electron chi connectivity index (χ1n) is 10.6. The lowest BCUT2D eigenvalue weighted by atomic mass is 9.77. The standard InChI is InChI=1S/C24H29N3O.2ClH/c28-23(26-16-12-24(13-17-26)11-14-25-18-24)22(20-7-2-1-3-8-20)27-15-10-19-6-4-5-9-21(19)27;;/h1-9,22,25H,10-18H2;2*1H. The van der Waals surface area contributed by atoms with Crippen molar-refractivity contribution in [1.82, 2.24) is 10.2 Å². The molecule has 2 saturated heterocycles. The number of amides is 1. The van der Waals surface area contributed by atoms with E-state index < -0.39 is 0 Å². The lowest BCUT2D eigenvalue weighted by molar-refractivity contribution is -0.135. The highest BCUT2D eigenvalue weighted by Gasteiger charge is 2.41. The molecule has 0 saturated carbocycles. The molecule has 4 nitrogen and oxygen atoms in total. The number of piperidine rings is 1. The summed E-state index contributed by atoms with van der Waals surface area (Å²) in [6.07, 6.45) is 4.53. The number of fused-ring (bicyclic) bond motifs is 1. The zero-order valence-electron chi connectivity index (χ0n) is 17.3. The van der Waals surface area contributed by atoms with Crippen molar-refractivity contribution in [1.29, 1.82) is 0 Å². The minimum atomic E-state index is -0.222. The maximum atomic E-state index is 13.8. The van der Waals surface area contributed by atoms with Crippen molar-refractivity contribution >= 4 is 36.4 Å². The van der Waals surface area contributed by atoms with Gasteiger partial charge in [-0.3, -0.25) is 4.79 Å². The van der Waals surface area contributed by atoms with Gasteiger partial charge in [0, 0.05) is 31.9 Å². The Kier molecular flexibility index (Phi) is 7.33. The number of hydrogen-bond acceptors (Lipinski definition) is 3. The molecular formula is C24H31Cl2N3O. The van der Waals surface area contributed by atoms with Crippen LogP contribution in [0, 0.1) is 5.41 Å². The molecule has 2 aromatic rings. The van der Waals surface area contributed by atoms with E-state index in [9.17, 15) is 4.79 Å².